The number of fused-ring (bicyclic) bond motifs is 3. The summed E-state index contributed by atoms with van der Waals surface area (Å²) in [6.45, 7) is 0.939. The number of hydrogen-bond donors (Lipinski definition) is 2. The third kappa shape index (κ3) is 2.37. The highest BCUT2D eigenvalue weighted by Gasteiger charge is 2.18. The molecule has 1 unspecified atom stereocenters. The van der Waals surface area contributed by atoms with Gasteiger partial charge in [0.1, 0.15) is 5.69 Å². The first kappa shape index (κ1) is 13.9. The van der Waals surface area contributed by atoms with Crippen LogP contribution < -0.4 is 11.5 Å². The summed E-state index contributed by atoms with van der Waals surface area (Å²) >= 11 is 0. The van der Waals surface area contributed by atoms with Gasteiger partial charge in [-0.15, -0.1) is 0 Å². The summed E-state index contributed by atoms with van der Waals surface area (Å²) in [7, 11) is 1.65. The van der Waals surface area contributed by atoms with E-state index in [-0.39, 0.29) is 6.04 Å². The molecule has 4 N–H and O–H groups in total. The maximum absolute atomic E-state index is 6.19. The van der Waals surface area contributed by atoms with Gasteiger partial charge in [0.15, 0.2) is 0 Å². The topological polar surface area (TPSA) is 91.5 Å². The fourth-order valence-corrected chi connectivity index (χ4v) is 2.65. The minimum atomic E-state index is -0.209. The summed E-state index contributed by atoms with van der Waals surface area (Å²) < 4.78 is 7.33. The highest BCUT2D eigenvalue weighted by molar-refractivity contribution is 5.90. The van der Waals surface area contributed by atoms with E-state index >= 15 is 0 Å². The molecular weight excluding hydrogens is 266 g/mol. The number of pyridine rings is 1. The lowest BCUT2D eigenvalue weighted by Crippen LogP contribution is -2.18. The molecule has 0 bridgehead atoms. The predicted octanol–water partition coefficient (Wildman–Crippen LogP) is 1.38. The van der Waals surface area contributed by atoms with Crippen LogP contribution >= 0.6 is 0 Å². The summed E-state index contributed by atoms with van der Waals surface area (Å²) in [5, 5.41) is 9.64. The molecule has 0 saturated heterocycles. The molecule has 0 aliphatic rings. The Hall–Kier alpha value is -2.02. The standard InChI is InChI=1S/C15H19N5O/c1-21-9-13-15-11(8-10-4-2-3-7-20(10)15)14(19-18-13)12(17)5-6-16/h2-4,7-8,12H,5-6,9,16-17H2,1H3. The average Bonchev–Trinajstić information content (AvgIpc) is 2.87. The van der Waals surface area contributed by atoms with Gasteiger partial charge >= 0.3 is 0 Å². The van der Waals surface area contributed by atoms with Crippen molar-refractivity contribution in [3.05, 3.63) is 41.9 Å². The summed E-state index contributed by atoms with van der Waals surface area (Å²) in [5.41, 5.74) is 15.5. The number of hydrogen-bond acceptors (Lipinski definition) is 5. The van der Waals surface area contributed by atoms with Crippen LogP contribution in [0.1, 0.15) is 23.9 Å². The first-order valence-corrected chi connectivity index (χ1v) is 6.96. The zero-order chi connectivity index (χ0) is 14.8. The molecule has 0 aromatic carbocycles. The van der Waals surface area contributed by atoms with Crippen molar-refractivity contribution in [1.82, 2.24) is 14.6 Å². The number of nitrogens with zero attached hydrogens (tertiary/aromatic N) is 3. The molecule has 0 aliphatic heterocycles. The van der Waals surface area contributed by atoms with Crippen molar-refractivity contribution >= 4 is 16.4 Å². The van der Waals surface area contributed by atoms with E-state index in [9.17, 15) is 0 Å². The van der Waals surface area contributed by atoms with Crippen LogP contribution in [0.5, 0.6) is 0 Å². The Balaban J connectivity index is 2.30. The van der Waals surface area contributed by atoms with Crippen LogP contribution in [0.25, 0.3) is 16.4 Å². The van der Waals surface area contributed by atoms with E-state index in [4.69, 9.17) is 16.2 Å². The largest absolute Gasteiger partial charge is 0.378 e. The lowest BCUT2D eigenvalue weighted by atomic mass is 10.1. The van der Waals surface area contributed by atoms with Gasteiger partial charge < -0.3 is 20.6 Å². The number of ether oxygens (including phenoxy) is 1. The van der Waals surface area contributed by atoms with Gasteiger partial charge in [-0.3, -0.25) is 0 Å². The Morgan fingerprint density at radius 2 is 2.19 bits per heavy atom. The molecule has 3 rings (SSSR count). The molecule has 3 aromatic heterocycles. The lowest BCUT2D eigenvalue weighted by molar-refractivity contribution is 0.181. The Kier molecular flexibility index (Phi) is 3.83. The van der Waals surface area contributed by atoms with E-state index in [0.717, 1.165) is 27.8 Å². The zero-order valence-corrected chi connectivity index (χ0v) is 12.0. The molecule has 110 valence electrons. The minimum Gasteiger partial charge on any atom is -0.378 e. The van der Waals surface area contributed by atoms with E-state index < -0.39 is 0 Å². The van der Waals surface area contributed by atoms with E-state index in [1.807, 2.05) is 18.3 Å². The first-order chi connectivity index (χ1) is 10.3. The second kappa shape index (κ2) is 5.77. The Bertz CT molecular complexity index is 767. The highest BCUT2D eigenvalue weighted by Crippen LogP contribution is 2.28. The van der Waals surface area contributed by atoms with Crippen molar-refractivity contribution in [1.29, 1.82) is 0 Å². The van der Waals surface area contributed by atoms with Gasteiger partial charge in [-0.2, -0.15) is 10.2 Å². The number of rotatable bonds is 5. The molecule has 0 fully saturated rings. The molecule has 0 spiro atoms. The van der Waals surface area contributed by atoms with Crippen molar-refractivity contribution in [3.8, 4) is 0 Å². The van der Waals surface area contributed by atoms with Crippen molar-refractivity contribution in [2.45, 2.75) is 19.1 Å². The minimum absolute atomic E-state index is 0.209. The Labute approximate surface area is 122 Å². The van der Waals surface area contributed by atoms with E-state index in [1.54, 1.807) is 7.11 Å². The molecule has 21 heavy (non-hydrogen) atoms. The average molecular weight is 285 g/mol. The van der Waals surface area contributed by atoms with Crippen LogP contribution in [-0.2, 0) is 11.3 Å². The number of aromatic nitrogens is 3. The van der Waals surface area contributed by atoms with Gasteiger partial charge in [-0.05, 0) is 31.2 Å². The monoisotopic (exact) mass is 285 g/mol. The van der Waals surface area contributed by atoms with Crippen molar-refractivity contribution < 1.29 is 4.74 Å². The van der Waals surface area contributed by atoms with Crippen LogP contribution in [0.15, 0.2) is 30.5 Å². The molecule has 3 aromatic rings. The zero-order valence-electron chi connectivity index (χ0n) is 12.0. The molecule has 0 radical (unpaired) electrons. The maximum Gasteiger partial charge on any atom is 0.113 e. The van der Waals surface area contributed by atoms with Crippen molar-refractivity contribution in [2.75, 3.05) is 13.7 Å². The molecule has 1 atom stereocenters. The SMILES string of the molecule is COCc1nnc(C(N)CCN)c2cc3ccccn3c12. The van der Waals surface area contributed by atoms with Gasteiger partial charge in [0.05, 0.1) is 23.9 Å². The highest BCUT2D eigenvalue weighted by atomic mass is 16.5. The van der Waals surface area contributed by atoms with E-state index in [0.29, 0.717) is 19.6 Å². The van der Waals surface area contributed by atoms with Crippen molar-refractivity contribution in [3.63, 3.8) is 0 Å². The van der Waals surface area contributed by atoms with E-state index in [2.05, 4.69) is 26.7 Å². The van der Waals surface area contributed by atoms with Gasteiger partial charge in [-0.1, -0.05) is 6.07 Å². The fourth-order valence-electron chi connectivity index (χ4n) is 2.65. The summed E-state index contributed by atoms with van der Waals surface area (Å²) in [5.74, 6) is 0. The molecule has 0 aliphatic carbocycles. The quantitative estimate of drug-likeness (QED) is 0.739. The molecule has 0 saturated carbocycles. The van der Waals surface area contributed by atoms with Crippen LogP contribution in [0.4, 0.5) is 0 Å². The Morgan fingerprint density at radius 3 is 2.95 bits per heavy atom. The van der Waals surface area contributed by atoms with Crippen LogP contribution in [0.3, 0.4) is 0 Å². The molecule has 6 heteroatoms. The lowest BCUT2D eigenvalue weighted by Gasteiger charge is -2.12. The second-order valence-corrected chi connectivity index (χ2v) is 5.05. The van der Waals surface area contributed by atoms with Crippen LogP contribution in [0.2, 0.25) is 0 Å². The van der Waals surface area contributed by atoms with Crippen molar-refractivity contribution in [2.24, 2.45) is 11.5 Å². The van der Waals surface area contributed by atoms with Gasteiger partial charge in [0.25, 0.3) is 0 Å². The molecule has 6 nitrogen and oxygen atoms in total. The smallest absolute Gasteiger partial charge is 0.113 e. The predicted molar refractivity (Wildman–Crippen MR) is 81.8 cm³/mol. The van der Waals surface area contributed by atoms with Crippen LogP contribution in [0, 0.1) is 0 Å². The van der Waals surface area contributed by atoms with Gasteiger partial charge in [0.2, 0.25) is 0 Å². The summed E-state index contributed by atoms with van der Waals surface area (Å²) in [6.07, 6.45) is 2.69. The third-order valence-electron chi connectivity index (χ3n) is 3.62. The van der Waals surface area contributed by atoms with Crippen LogP contribution in [-0.4, -0.2) is 28.3 Å². The third-order valence-corrected chi connectivity index (χ3v) is 3.62. The molecule has 3 heterocycles. The number of methoxy groups -OCH3 is 1. The summed E-state index contributed by atoms with van der Waals surface area (Å²) in [4.78, 5) is 0. The number of nitrogens with two attached hydrogens (primary N) is 2. The first-order valence-electron chi connectivity index (χ1n) is 6.96. The maximum atomic E-state index is 6.19. The van der Waals surface area contributed by atoms with Gasteiger partial charge in [0, 0.05) is 24.2 Å². The molecule has 0 amide bonds. The normalized spacial score (nSPS) is 13.1. The second-order valence-electron chi connectivity index (χ2n) is 5.05. The molecular formula is C15H19N5O. The van der Waals surface area contributed by atoms with Gasteiger partial charge in [-0.25, -0.2) is 0 Å². The fraction of sp³-hybridized carbons (Fsp3) is 0.333. The summed E-state index contributed by atoms with van der Waals surface area (Å²) in [6, 6.07) is 7.93. The Morgan fingerprint density at radius 1 is 1.33 bits per heavy atom. The van der Waals surface area contributed by atoms with E-state index in [1.165, 1.54) is 0 Å².